The van der Waals surface area contributed by atoms with E-state index in [-0.39, 0.29) is 18.2 Å². The number of fused-ring (bicyclic) bond motifs is 1. The van der Waals surface area contributed by atoms with Crippen molar-refractivity contribution < 1.29 is 14.3 Å². The van der Waals surface area contributed by atoms with E-state index in [4.69, 9.17) is 4.74 Å². The number of rotatable bonds is 6. The number of aromatic nitrogens is 2. The van der Waals surface area contributed by atoms with E-state index in [2.05, 4.69) is 15.6 Å². The van der Waals surface area contributed by atoms with Crippen LogP contribution in [0.25, 0.3) is 5.65 Å². The molecule has 2 N–H and O–H groups in total. The molecule has 8 heteroatoms. The van der Waals surface area contributed by atoms with Crippen molar-refractivity contribution in [2.75, 3.05) is 5.32 Å². The largest absolute Gasteiger partial charge is 0.444 e. The van der Waals surface area contributed by atoms with Crippen LogP contribution in [0.3, 0.4) is 0 Å². The third-order valence-electron chi connectivity index (χ3n) is 4.71. The van der Waals surface area contributed by atoms with Gasteiger partial charge in [-0.3, -0.25) is 19.3 Å². The molecule has 0 aliphatic carbocycles. The van der Waals surface area contributed by atoms with Crippen molar-refractivity contribution in [2.45, 2.75) is 13.2 Å². The smallest absolute Gasteiger partial charge is 0.412 e. The Labute approximate surface area is 183 Å². The van der Waals surface area contributed by atoms with Crippen molar-refractivity contribution >= 4 is 23.3 Å². The molecule has 0 atom stereocenters. The molecule has 160 valence electrons. The molecular weight excluding hydrogens is 408 g/mol. The van der Waals surface area contributed by atoms with E-state index >= 15 is 0 Å². The summed E-state index contributed by atoms with van der Waals surface area (Å²) in [6.07, 6.45) is 1.88. The van der Waals surface area contributed by atoms with Crippen LogP contribution in [0.4, 0.5) is 10.5 Å². The van der Waals surface area contributed by atoms with Gasteiger partial charge in [-0.2, -0.15) is 0 Å². The Morgan fingerprint density at radius 3 is 2.31 bits per heavy atom. The average Bonchev–Trinajstić information content (AvgIpc) is 2.84. The second-order valence-electron chi connectivity index (χ2n) is 6.98. The molecule has 2 aromatic carbocycles. The molecule has 0 radical (unpaired) electrons. The normalized spacial score (nSPS) is 10.5. The molecule has 0 fully saturated rings. The summed E-state index contributed by atoms with van der Waals surface area (Å²) in [6, 6.07) is 21.8. The number of carbonyl (C=O) groups excluding carboxylic acids is 2. The van der Waals surface area contributed by atoms with E-state index in [1.165, 1.54) is 16.8 Å². The molecule has 2 heterocycles. The molecule has 0 bridgehead atoms. The Balaban J connectivity index is 1.46. The van der Waals surface area contributed by atoms with Crippen LogP contribution in [-0.2, 0) is 17.9 Å². The molecule has 32 heavy (non-hydrogen) atoms. The number of hydrogen-bond donors (Lipinski definition) is 2. The zero-order valence-electron chi connectivity index (χ0n) is 17.0. The van der Waals surface area contributed by atoms with Crippen molar-refractivity contribution in [3.05, 3.63) is 112 Å². The molecular formula is C24H20N4O4. The number of nitrogens with one attached hydrogen (secondary N) is 2. The Hall–Kier alpha value is -4.46. The highest BCUT2D eigenvalue weighted by atomic mass is 16.5. The van der Waals surface area contributed by atoms with E-state index in [1.807, 2.05) is 60.7 Å². The zero-order chi connectivity index (χ0) is 22.3. The maximum Gasteiger partial charge on any atom is 0.412 e. The maximum absolute atomic E-state index is 12.8. The van der Waals surface area contributed by atoms with Crippen LogP contribution in [0.5, 0.6) is 0 Å². The van der Waals surface area contributed by atoms with Crippen LogP contribution in [0, 0.1) is 0 Å². The van der Waals surface area contributed by atoms with E-state index in [9.17, 15) is 14.4 Å². The third-order valence-corrected chi connectivity index (χ3v) is 4.71. The van der Waals surface area contributed by atoms with Gasteiger partial charge in [-0.15, -0.1) is 0 Å². The molecule has 0 saturated heterocycles. The maximum atomic E-state index is 12.8. The quantitative estimate of drug-likeness (QED) is 0.490. The van der Waals surface area contributed by atoms with Crippen LogP contribution in [0.15, 0.2) is 90.0 Å². The molecule has 2 aromatic heterocycles. The van der Waals surface area contributed by atoms with Gasteiger partial charge in [-0.1, -0.05) is 60.7 Å². The van der Waals surface area contributed by atoms with Gasteiger partial charge in [0.05, 0.1) is 11.8 Å². The first-order chi connectivity index (χ1) is 15.6. The van der Waals surface area contributed by atoms with Crippen LogP contribution in [0.1, 0.15) is 21.5 Å². The van der Waals surface area contributed by atoms with Crippen LogP contribution in [0.2, 0.25) is 0 Å². The number of hydrogen-bond acceptors (Lipinski definition) is 5. The molecule has 8 nitrogen and oxygen atoms in total. The van der Waals surface area contributed by atoms with Crippen molar-refractivity contribution in [1.82, 2.24) is 14.7 Å². The highest BCUT2D eigenvalue weighted by Crippen LogP contribution is 2.08. The van der Waals surface area contributed by atoms with E-state index < -0.39 is 11.7 Å². The Kier molecular flexibility index (Phi) is 6.22. The number of benzene rings is 2. The van der Waals surface area contributed by atoms with Gasteiger partial charge in [0.15, 0.2) is 0 Å². The summed E-state index contributed by atoms with van der Waals surface area (Å²) < 4.78 is 6.36. The second kappa shape index (κ2) is 9.57. The predicted molar refractivity (Wildman–Crippen MR) is 119 cm³/mol. The summed E-state index contributed by atoms with van der Waals surface area (Å²) in [7, 11) is 0. The third kappa shape index (κ3) is 4.99. The molecule has 0 aliphatic heterocycles. The standard InChI is InChI=1S/C24H20N4O4/c29-22(26-13-17-7-3-1-4-8-17)19-11-12-21-25-14-20(23(30)28(21)15-19)27-24(31)32-16-18-9-5-2-6-10-18/h1-12,14-15H,13,16H2,(H,26,29)(H,27,31). The van der Waals surface area contributed by atoms with Gasteiger partial charge in [0.2, 0.25) is 0 Å². The fraction of sp³-hybridized carbons (Fsp3) is 0.0833. The second-order valence-corrected chi connectivity index (χ2v) is 6.98. The summed E-state index contributed by atoms with van der Waals surface area (Å²) in [6.45, 7) is 0.431. The molecule has 0 spiro atoms. The Morgan fingerprint density at radius 2 is 1.59 bits per heavy atom. The molecule has 0 saturated carbocycles. The Bertz CT molecular complexity index is 1300. The summed E-state index contributed by atoms with van der Waals surface area (Å²) >= 11 is 0. The van der Waals surface area contributed by atoms with Crippen LogP contribution < -0.4 is 16.2 Å². The lowest BCUT2D eigenvalue weighted by Crippen LogP contribution is -2.26. The van der Waals surface area contributed by atoms with Gasteiger partial charge in [0, 0.05) is 12.7 Å². The van der Waals surface area contributed by atoms with E-state index in [1.54, 1.807) is 12.1 Å². The van der Waals surface area contributed by atoms with Crippen molar-refractivity contribution in [3.63, 3.8) is 0 Å². The first-order valence-electron chi connectivity index (χ1n) is 9.91. The molecule has 2 amide bonds. The summed E-state index contributed by atoms with van der Waals surface area (Å²) in [5.41, 5.74) is 1.84. The Morgan fingerprint density at radius 1 is 0.906 bits per heavy atom. The minimum atomic E-state index is -0.774. The number of anilines is 1. The average molecular weight is 428 g/mol. The highest BCUT2D eigenvalue weighted by Gasteiger charge is 2.12. The first-order valence-corrected chi connectivity index (χ1v) is 9.91. The van der Waals surface area contributed by atoms with Crippen molar-refractivity contribution in [1.29, 1.82) is 0 Å². The van der Waals surface area contributed by atoms with Gasteiger partial charge in [0.25, 0.3) is 11.5 Å². The molecule has 4 aromatic rings. The van der Waals surface area contributed by atoms with E-state index in [0.29, 0.717) is 17.8 Å². The van der Waals surface area contributed by atoms with Crippen molar-refractivity contribution in [3.8, 4) is 0 Å². The lowest BCUT2D eigenvalue weighted by molar-refractivity contribution is 0.0950. The number of carbonyl (C=O) groups is 2. The van der Waals surface area contributed by atoms with Gasteiger partial charge < -0.3 is 10.1 Å². The topological polar surface area (TPSA) is 102 Å². The molecule has 4 rings (SSSR count). The number of amides is 2. The number of pyridine rings is 1. The first kappa shape index (κ1) is 20.8. The number of ether oxygens (including phenoxy) is 1. The minimum absolute atomic E-state index is 0.0533. The monoisotopic (exact) mass is 428 g/mol. The zero-order valence-corrected chi connectivity index (χ0v) is 17.0. The van der Waals surface area contributed by atoms with Gasteiger partial charge in [-0.25, -0.2) is 9.78 Å². The van der Waals surface area contributed by atoms with E-state index in [0.717, 1.165) is 11.1 Å². The predicted octanol–water partition coefficient (Wildman–Crippen LogP) is 3.37. The minimum Gasteiger partial charge on any atom is -0.444 e. The summed E-state index contributed by atoms with van der Waals surface area (Å²) in [5.74, 6) is -0.330. The van der Waals surface area contributed by atoms with Gasteiger partial charge in [0.1, 0.15) is 17.9 Å². The van der Waals surface area contributed by atoms with Crippen LogP contribution in [-0.4, -0.2) is 21.4 Å². The highest BCUT2D eigenvalue weighted by molar-refractivity contribution is 5.94. The van der Waals surface area contributed by atoms with Crippen molar-refractivity contribution in [2.24, 2.45) is 0 Å². The molecule has 0 unspecified atom stereocenters. The van der Waals surface area contributed by atoms with Crippen LogP contribution >= 0.6 is 0 Å². The molecule has 0 aliphatic rings. The fourth-order valence-corrected chi connectivity index (χ4v) is 3.05. The lowest BCUT2D eigenvalue weighted by atomic mass is 10.2. The lowest BCUT2D eigenvalue weighted by Gasteiger charge is -2.09. The summed E-state index contributed by atoms with van der Waals surface area (Å²) in [5, 5.41) is 5.22. The number of nitrogens with zero attached hydrogens (tertiary/aromatic N) is 2. The summed E-state index contributed by atoms with van der Waals surface area (Å²) in [4.78, 5) is 41.6. The fourth-order valence-electron chi connectivity index (χ4n) is 3.05. The van der Waals surface area contributed by atoms with Gasteiger partial charge >= 0.3 is 6.09 Å². The SMILES string of the molecule is O=C(Nc1cnc2ccc(C(=O)NCc3ccccc3)cn2c1=O)OCc1ccccc1. The van der Waals surface area contributed by atoms with Gasteiger partial charge in [-0.05, 0) is 23.3 Å².